The number of aryl methyl sites for hydroxylation is 12. The zero-order chi connectivity index (χ0) is 53.2. The molecular formula is C54H83N5O8S4. The predicted molar refractivity (Wildman–Crippen MR) is 289 cm³/mol. The summed E-state index contributed by atoms with van der Waals surface area (Å²) in [6.07, 6.45) is 3.58. The van der Waals surface area contributed by atoms with Crippen molar-refractivity contribution in [3.63, 3.8) is 0 Å². The first-order valence-corrected chi connectivity index (χ1v) is 30.9. The molecule has 0 unspecified atom stereocenters. The van der Waals surface area contributed by atoms with E-state index in [9.17, 15) is 33.7 Å². The quantitative estimate of drug-likeness (QED) is 0.0543. The van der Waals surface area contributed by atoms with E-state index in [-0.39, 0.29) is 55.6 Å². The first kappa shape index (κ1) is 60.0. The average molecular weight is 1060 g/mol. The highest BCUT2D eigenvalue weighted by molar-refractivity contribution is 7.90. The van der Waals surface area contributed by atoms with Crippen molar-refractivity contribution in [2.24, 2.45) is 5.73 Å². The van der Waals surface area contributed by atoms with Gasteiger partial charge in [-0.3, -0.25) is 0 Å². The lowest BCUT2D eigenvalue weighted by Gasteiger charge is -2.27. The van der Waals surface area contributed by atoms with E-state index >= 15 is 0 Å². The molecule has 0 saturated heterocycles. The Balaban J connectivity index is 1.58. The van der Waals surface area contributed by atoms with Gasteiger partial charge < -0.3 is 5.73 Å². The largest absolute Gasteiger partial charge is 0.330 e. The predicted octanol–water partition coefficient (Wildman–Crippen LogP) is 9.55. The van der Waals surface area contributed by atoms with Gasteiger partial charge in [0.25, 0.3) is 0 Å². The minimum Gasteiger partial charge on any atom is -0.330 e. The number of rotatable bonds is 28. The minimum atomic E-state index is -4.04. The Morgan fingerprint density at radius 1 is 0.310 bits per heavy atom. The van der Waals surface area contributed by atoms with Gasteiger partial charge in [0.15, 0.2) is 0 Å². The van der Waals surface area contributed by atoms with Crippen LogP contribution in [0, 0.1) is 83.1 Å². The smallest absolute Gasteiger partial charge is 0.243 e. The van der Waals surface area contributed by atoms with Crippen LogP contribution >= 0.6 is 0 Å². The Morgan fingerprint density at radius 2 is 0.479 bits per heavy atom. The van der Waals surface area contributed by atoms with Crippen molar-refractivity contribution in [2.75, 3.05) is 58.9 Å². The second-order valence-electron chi connectivity index (χ2n) is 19.7. The molecule has 4 aromatic rings. The first-order chi connectivity index (χ1) is 33.1. The molecule has 0 aliphatic heterocycles. The molecule has 17 heteroatoms. The summed E-state index contributed by atoms with van der Waals surface area (Å²) in [5, 5.41) is 0. The summed E-state index contributed by atoms with van der Waals surface area (Å²) in [7, 11) is -15.7. The number of nitrogens with two attached hydrogens (primary N) is 1. The fraction of sp³-hybridized carbons (Fsp3) is 0.556. The van der Waals surface area contributed by atoms with Gasteiger partial charge in [0, 0.05) is 52.4 Å². The fourth-order valence-corrected chi connectivity index (χ4v) is 18.2. The van der Waals surface area contributed by atoms with Crippen LogP contribution in [0.25, 0.3) is 0 Å². The summed E-state index contributed by atoms with van der Waals surface area (Å²) in [6.45, 7) is 25.9. The highest BCUT2D eigenvalue weighted by atomic mass is 32.2. The van der Waals surface area contributed by atoms with E-state index in [2.05, 4.69) is 0 Å². The Kier molecular flexibility index (Phi) is 21.7. The molecular weight excluding hydrogens is 975 g/mol. The van der Waals surface area contributed by atoms with E-state index in [0.717, 1.165) is 22.3 Å². The molecule has 0 bridgehead atoms. The van der Waals surface area contributed by atoms with Crippen molar-refractivity contribution in [2.45, 2.75) is 161 Å². The zero-order valence-corrected chi connectivity index (χ0v) is 48.2. The Morgan fingerprint density at radius 3 is 0.662 bits per heavy atom. The topological polar surface area (TPSA) is 176 Å². The fourth-order valence-electron chi connectivity index (χ4n) is 10.5. The highest BCUT2D eigenvalue weighted by Crippen LogP contribution is 2.31. The number of sulfonamides is 4. The maximum absolute atomic E-state index is 14.7. The van der Waals surface area contributed by atoms with Crippen LogP contribution < -0.4 is 5.73 Å². The second kappa shape index (κ2) is 25.6. The zero-order valence-electron chi connectivity index (χ0n) is 44.9. The SMILES string of the molecule is CCN(CCCCN(CCCCN(CCCCN(CCCCN)S(=O)(=O)c1c(C)cc(C)cc1C)S(=O)(=O)c1c(C)cc(C)cc1C)S(=O)(=O)c1c(C)cc(C)cc1C)S(=O)(=O)c1c(C)cc(C)cc1C. The Labute approximate surface area is 429 Å². The molecule has 0 amide bonds. The van der Waals surface area contributed by atoms with Gasteiger partial charge in [0.1, 0.15) is 0 Å². The van der Waals surface area contributed by atoms with E-state index in [1.54, 1.807) is 34.6 Å². The van der Waals surface area contributed by atoms with Gasteiger partial charge in [-0.15, -0.1) is 0 Å². The lowest BCUT2D eigenvalue weighted by Crippen LogP contribution is -2.37. The normalized spacial score (nSPS) is 12.9. The summed E-state index contributed by atoms with van der Waals surface area (Å²) < 4.78 is 121. The van der Waals surface area contributed by atoms with Gasteiger partial charge in [0.2, 0.25) is 40.1 Å². The van der Waals surface area contributed by atoms with E-state index in [1.165, 1.54) is 17.2 Å². The molecule has 0 fully saturated rings. The highest BCUT2D eigenvalue weighted by Gasteiger charge is 2.32. The molecule has 0 aliphatic rings. The van der Waals surface area contributed by atoms with Crippen LogP contribution in [0.2, 0.25) is 0 Å². The second-order valence-corrected chi connectivity index (χ2v) is 27.2. The van der Waals surface area contributed by atoms with E-state index < -0.39 is 40.1 Å². The summed E-state index contributed by atoms with van der Waals surface area (Å²) in [5.74, 6) is 0. The van der Waals surface area contributed by atoms with Gasteiger partial charge in [-0.2, -0.15) is 17.2 Å². The van der Waals surface area contributed by atoms with E-state index in [1.807, 2.05) is 104 Å². The molecule has 13 nitrogen and oxygen atoms in total. The molecule has 4 aromatic carbocycles. The van der Waals surface area contributed by atoms with Crippen molar-refractivity contribution in [3.8, 4) is 0 Å². The lowest BCUT2D eigenvalue weighted by molar-refractivity contribution is 0.344. The third-order valence-corrected chi connectivity index (χ3v) is 22.1. The third kappa shape index (κ3) is 14.8. The number of hydrogen-bond donors (Lipinski definition) is 1. The van der Waals surface area contributed by atoms with Gasteiger partial charge in [-0.05, 0) is 186 Å². The Hall–Kier alpha value is -3.52. The maximum Gasteiger partial charge on any atom is 0.243 e. The standard InChI is InChI=1S/C54H83N5O8S4/c1-14-56(68(60,61)51-43(6)31-39(2)32-44(51)7)24-17-18-26-58(70(64,65)53-47(10)35-41(4)36-48(53)11)28-21-22-30-59(71(66,67)54-49(12)37-42(5)38-50(54)13)29-20-19-27-57(25-16-15-23-55)69(62,63)52-45(8)33-40(3)34-46(52)9/h31-38H,14-30,55H2,1-13H3. The Bertz CT molecular complexity index is 2860. The molecule has 2 N–H and O–H groups in total. The molecule has 0 aliphatic carbocycles. The molecule has 0 radical (unpaired) electrons. The molecule has 0 heterocycles. The van der Waals surface area contributed by atoms with Gasteiger partial charge >= 0.3 is 0 Å². The monoisotopic (exact) mass is 1060 g/mol. The molecule has 0 aromatic heterocycles. The first-order valence-electron chi connectivity index (χ1n) is 25.1. The van der Waals surface area contributed by atoms with Crippen molar-refractivity contribution < 1.29 is 33.7 Å². The van der Waals surface area contributed by atoms with Crippen molar-refractivity contribution >= 4 is 40.1 Å². The molecule has 71 heavy (non-hydrogen) atoms. The number of unbranched alkanes of at least 4 members (excludes halogenated alkanes) is 4. The van der Waals surface area contributed by atoms with Crippen LogP contribution in [0.3, 0.4) is 0 Å². The number of nitrogens with zero attached hydrogens (tertiary/aromatic N) is 4. The van der Waals surface area contributed by atoms with Crippen LogP contribution in [0.4, 0.5) is 0 Å². The molecule has 0 spiro atoms. The maximum atomic E-state index is 14.7. The summed E-state index contributed by atoms with van der Waals surface area (Å²) >= 11 is 0. The van der Waals surface area contributed by atoms with Crippen molar-refractivity contribution in [1.82, 2.24) is 17.2 Å². The molecule has 0 atom stereocenters. The number of hydrogen-bond acceptors (Lipinski definition) is 9. The molecule has 4 rings (SSSR count). The van der Waals surface area contributed by atoms with Crippen LogP contribution in [0.5, 0.6) is 0 Å². The summed E-state index contributed by atoms with van der Waals surface area (Å²) in [4.78, 5) is 1.09. The van der Waals surface area contributed by atoms with Gasteiger partial charge in [-0.25, -0.2) is 33.7 Å². The van der Waals surface area contributed by atoms with Crippen molar-refractivity contribution in [3.05, 3.63) is 115 Å². The van der Waals surface area contributed by atoms with Crippen LogP contribution in [-0.4, -0.2) is 110 Å². The lowest BCUT2D eigenvalue weighted by atomic mass is 10.1. The van der Waals surface area contributed by atoms with Crippen LogP contribution in [0.15, 0.2) is 68.1 Å². The van der Waals surface area contributed by atoms with Gasteiger partial charge in [0.05, 0.1) is 19.6 Å². The summed E-state index contributed by atoms with van der Waals surface area (Å²) in [6, 6.07) is 14.9. The van der Waals surface area contributed by atoms with Crippen LogP contribution in [-0.2, 0) is 40.1 Å². The third-order valence-electron chi connectivity index (χ3n) is 13.2. The van der Waals surface area contributed by atoms with Crippen LogP contribution in [0.1, 0.15) is 125 Å². The van der Waals surface area contributed by atoms with Crippen molar-refractivity contribution in [1.29, 1.82) is 0 Å². The van der Waals surface area contributed by atoms with E-state index in [4.69, 9.17) is 5.73 Å². The molecule has 396 valence electrons. The average Bonchev–Trinajstić information content (AvgIpc) is 3.22. The summed E-state index contributed by atoms with van der Waals surface area (Å²) in [5.41, 5.74) is 14.9. The van der Waals surface area contributed by atoms with E-state index in [0.29, 0.717) is 119 Å². The molecule has 0 saturated carbocycles. The van der Waals surface area contributed by atoms with Gasteiger partial charge in [-0.1, -0.05) is 77.7 Å². The minimum absolute atomic E-state index is 0.118. The number of benzene rings is 4.